The summed E-state index contributed by atoms with van der Waals surface area (Å²) in [6.45, 7) is 10.1. The van der Waals surface area contributed by atoms with Gasteiger partial charge in [0.25, 0.3) is 0 Å². The molecular weight excluding hydrogens is 534 g/mol. The number of anilines is 4. The summed E-state index contributed by atoms with van der Waals surface area (Å²) in [5, 5.41) is 10.2. The van der Waals surface area contributed by atoms with E-state index in [4.69, 9.17) is 14.5 Å². The quantitative estimate of drug-likeness (QED) is 0.233. The van der Waals surface area contributed by atoms with Gasteiger partial charge in [0.15, 0.2) is 0 Å². The zero-order valence-electron chi connectivity index (χ0n) is 24.0. The minimum Gasteiger partial charge on any atom is -0.479 e. The third-order valence-corrected chi connectivity index (χ3v) is 6.42. The predicted octanol–water partition coefficient (Wildman–Crippen LogP) is 5.60. The molecule has 0 aliphatic carbocycles. The molecule has 0 unspecified atom stereocenters. The molecule has 1 saturated heterocycles. The summed E-state index contributed by atoms with van der Waals surface area (Å²) in [5.74, 6) is 1.08. The van der Waals surface area contributed by atoms with Crippen molar-refractivity contribution in [1.82, 2.24) is 19.9 Å². The van der Waals surface area contributed by atoms with Gasteiger partial charge in [-0.2, -0.15) is 4.98 Å². The first kappa shape index (κ1) is 28.3. The summed E-state index contributed by atoms with van der Waals surface area (Å²) in [7, 11) is 1.54. The average Bonchev–Trinajstić information content (AvgIpc) is 2.94. The highest BCUT2D eigenvalue weighted by Gasteiger charge is 2.34. The topological polar surface area (TPSA) is 131 Å². The molecule has 0 saturated carbocycles. The monoisotopic (exact) mass is 567 g/mol. The Labute approximate surface area is 244 Å². The Morgan fingerprint density at radius 2 is 1.86 bits per heavy atom. The van der Waals surface area contributed by atoms with Gasteiger partial charge in [0, 0.05) is 35.9 Å². The number of para-hydroxylation sites is 1. The summed E-state index contributed by atoms with van der Waals surface area (Å²) >= 11 is 0. The van der Waals surface area contributed by atoms with E-state index in [1.165, 1.54) is 6.08 Å². The molecule has 1 aliphatic rings. The number of fused-ring (bicyclic) bond motifs is 1. The molecule has 1 fully saturated rings. The van der Waals surface area contributed by atoms with Crippen molar-refractivity contribution in [2.24, 2.45) is 0 Å². The van der Waals surface area contributed by atoms with E-state index in [0.29, 0.717) is 42.1 Å². The van der Waals surface area contributed by atoms with Crippen molar-refractivity contribution in [3.8, 4) is 17.0 Å². The largest absolute Gasteiger partial charge is 0.479 e. The number of likely N-dealkylation sites (tertiary alicyclic amines) is 1. The van der Waals surface area contributed by atoms with Gasteiger partial charge in [-0.15, -0.1) is 0 Å². The fraction of sp³-hybridized carbons (Fsp3) is 0.258. The third-order valence-electron chi connectivity index (χ3n) is 6.42. The van der Waals surface area contributed by atoms with Gasteiger partial charge in [-0.05, 0) is 56.7 Å². The second kappa shape index (κ2) is 11.7. The number of hydrogen-bond donors (Lipinski definition) is 3. The Hall–Kier alpha value is -5.19. The van der Waals surface area contributed by atoms with Crippen LogP contribution in [0.4, 0.5) is 27.9 Å². The molecule has 5 rings (SSSR count). The number of rotatable bonds is 8. The van der Waals surface area contributed by atoms with E-state index in [1.54, 1.807) is 18.2 Å². The Bertz CT molecular complexity index is 1640. The van der Waals surface area contributed by atoms with Crippen LogP contribution in [0.1, 0.15) is 20.8 Å². The highest BCUT2D eigenvalue weighted by Crippen LogP contribution is 2.31. The molecule has 2 aromatic heterocycles. The summed E-state index contributed by atoms with van der Waals surface area (Å²) in [6, 6.07) is 17.1. The standard InChI is InChI=1S/C31H33N7O4/c1-6-26(39)34-21-11-7-9-19(15-21)23-12-8-10-20-16-32-29(37-27(20)23)35-24-13-14-25(36-28(24)41-5)33-22-17-38(18-22)30(40)42-31(2,3)4/h6-16,22H,1,17-18H2,2-5H3,(H,33,36)(H,34,39)(H,32,35,37). The highest BCUT2D eigenvalue weighted by atomic mass is 16.6. The van der Waals surface area contributed by atoms with E-state index < -0.39 is 5.60 Å². The molecule has 216 valence electrons. The number of carbonyl (C=O) groups excluding carboxylic acids is 2. The molecule has 4 aromatic rings. The van der Waals surface area contributed by atoms with Crippen LogP contribution in [0, 0.1) is 0 Å². The Morgan fingerprint density at radius 3 is 2.60 bits per heavy atom. The molecular formula is C31H33N7O4. The van der Waals surface area contributed by atoms with E-state index in [-0.39, 0.29) is 18.0 Å². The summed E-state index contributed by atoms with van der Waals surface area (Å²) in [6.07, 6.45) is 2.66. The van der Waals surface area contributed by atoms with Gasteiger partial charge in [0.2, 0.25) is 17.7 Å². The van der Waals surface area contributed by atoms with Gasteiger partial charge >= 0.3 is 6.09 Å². The molecule has 11 heteroatoms. The molecule has 3 N–H and O–H groups in total. The fourth-order valence-corrected chi connectivity index (χ4v) is 4.45. The number of nitrogens with one attached hydrogen (secondary N) is 3. The maximum absolute atomic E-state index is 12.2. The van der Waals surface area contributed by atoms with Gasteiger partial charge in [-0.25, -0.2) is 14.8 Å². The zero-order valence-corrected chi connectivity index (χ0v) is 24.0. The van der Waals surface area contributed by atoms with Crippen LogP contribution in [-0.2, 0) is 9.53 Å². The van der Waals surface area contributed by atoms with Crippen LogP contribution in [0.2, 0.25) is 0 Å². The maximum atomic E-state index is 12.2. The summed E-state index contributed by atoms with van der Waals surface area (Å²) in [5.41, 5.74) is 3.25. The van der Waals surface area contributed by atoms with E-state index >= 15 is 0 Å². The minimum atomic E-state index is -0.529. The zero-order chi connectivity index (χ0) is 29.9. The molecule has 11 nitrogen and oxygen atoms in total. The van der Waals surface area contributed by atoms with Crippen LogP contribution < -0.4 is 20.7 Å². The molecule has 0 spiro atoms. The first-order chi connectivity index (χ1) is 20.1. The number of methoxy groups -OCH3 is 1. The van der Waals surface area contributed by atoms with Gasteiger partial charge in [-0.1, -0.05) is 36.9 Å². The molecule has 1 aliphatic heterocycles. The lowest BCUT2D eigenvalue weighted by atomic mass is 10.0. The van der Waals surface area contributed by atoms with Gasteiger partial charge in [-0.3, -0.25) is 4.79 Å². The normalized spacial score (nSPS) is 13.2. The molecule has 0 bridgehead atoms. The first-order valence-corrected chi connectivity index (χ1v) is 13.5. The van der Waals surface area contributed by atoms with Crippen molar-refractivity contribution in [3.05, 3.63) is 73.4 Å². The van der Waals surface area contributed by atoms with Crippen molar-refractivity contribution in [1.29, 1.82) is 0 Å². The molecule has 0 atom stereocenters. The average molecular weight is 568 g/mol. The van der Waals surface area contributed by atoms with Crippen molar-refractivity contribution in [2.75, 3.05) is 36.1 Å². The number of ether oxygens (including phenoxy) is 2. The second-order valence-electron chi connectivity index (χ2n) is 10.8. The lowest BCUT2D eigenvalue weighted by molar-refractivity contribution is -0.111. The van der Waals surface area contributed by atoms with Gasteiger partial charge in [0.1, 0.15) is 17.1 Å². The number of pyridine rings is 1. The van der Waals surface area contributed by atoms with Crippen LogP contribution in [-0.4, -0.2) is 63.7 Å². The van der Waals surface area contributed by atoms with Crippen LogP contribution >= 0.6 is 0 Å². The van der Waals surface area contributed by atoms with Crippen LogP contribution in [0.25, 0.3) is 22.0 Å². The van der Waals surface area contributed by atoms with Crippen LogP contribution in [0.5, 0.6) is 5.88 Å². The second-order valence-corrected chi connectivity index (χ2v) is 10.8. The van der Waals surface area contributed by atoms with Crippen molar-refractivity contribution >= 4 is 46.0 Å². The van der Waals surface area contributed by atoms with Crippen LogP contribution in [0.3, 0.4) is 0 Å². The number of carbonyl (C=O) groups is 2. The number of benzene rings is 2. The lowest BCUT2D eigenvalue weighted by Gasteiger charge is -2.40. The molecule has 42 heavy (non-hydrogen) atoms. The minimum absolute atomic E-state index is 0.0550. The number of nitrogens with zero attached hydrogens (tertiary/aromatic N) is 4. The van der Waals surface area contributed by atoms with E-state index in [1.807, 2.05) is 75.4 Å². The fourth-order valence-electron chi connectivity index (χ4n) is 4.45. The number of aromatic nitrogens is 3. The Morgan fingerprint density at radius 1 is 1.07 bits per heavy atom. The van der Waals surface area contributed by atoms with E-state index in [9.17, 15) is 9.59 Å². The van der Waals surface area contributed by atoms with Crippen molar-refractivity contribution in [2.45, 2.75) is 32.4 Å². The predicted molar refractivity (Wildman–Crippen MR) is 163 cm³/mol. The first-order valence-electron chi connectivity index (χ1n) is 13.5. The van der Waals surface area contributed by atoms with Crippen molar-refractivity contribution < 1.29 is 19.1 Å². The Kier molecular flexibility index (Phi) is 7.92. The summed E-state index contributed by atoms with van der Waals surface area (Å²) < 4.78 is 11.0. The number of amides is 2. The highest BCUT2D eigenvalue weighted by molar-refractivity contribution is 6.00. The number of hydrogen-bond acceptors (Lipinski definition) is 9. The van der Waals surface area contributed by atoms with E-state index in [2.05, 4.69) is 32.5 Å². The van der Waals surface area contributed by atoms with Gasteiger partial charge in [0.05, 0.1) is 18.7 Å². The molecule has 3 heterocycles. The SMILES string of the molecule is C=CC(=O)Nc1cccc(-c2cccc3cnc(Nc4ccc(NC5CN(C(=O)OC(C)(C)C)C5)nc4OC)nc23)c1. The van der Waals surface area contributed by atoms with Gasteiger partial charge < -0.3 is 30.3 Å². The molecule has 0 radical (unpaired) electrons. The summed E-state index contributed by atoms with van der Waals surface area (Å²) in [4.78, 5) is 39.5. The Balaban J connectivity index is 1.31. The molecule has 2 aromatic carbocycles. The smallest absolute Gasteiger partial charge is 0.410 e. The van der Waals surface area contributed by atoms with Crippen LogP contribution in [0.15, 0.2) is 73.4 Å². The maximum Gasteiger partial charge on any atom is 0.410 e. The lowest BCUT2D eigenvalue weighted by Crippen LogP contribution is -2.58. The third kappa shape index (κ3) is 6.57. The molecule has 2 amide bonds. The van der Waals surface area contributed by atoms with Crippen molar-refractivity contribution in [3.63, 3.8) is 0 Å². The van der Waals surface area contributed by atoms with E-state index in [0.717, 1.165) is 22.0 Å².